The Morgan fingerprint density at radius 2 is 2.12 bits per heavy atom. The molecule has 1 saturated heterocycles. The summed E-state index contributed by atoms with van der Waals surface area (Å²) in [5.41, 5.74) is 0. The Hall–Kier alpha value is -2.07. The molecule has 2 unspecified atom stereocenters. The highest BCUT2D eigenvalue weighted by Gasteiger charge is 2.31. The number of hydrogen-bond donors (Lipinski definition) is 2. The molecule has 0 spiro atoms. The number of piperazine rings is 1. The summed E-state index contributed by atoms with van der Waals surface area (Å²) in [5.74, 6) is -0.0134. The SMILES string of the molecule is N#CC(C(=O)OCC1CCCCC1)C1C=C(N2CCNCC2)N=CN1. The van der Waals surface area contributed by atoms with E-state index < -0.39 is 17.9 Å². The van der Waals surface area contributed by atoms with E-state index in [1.807, 2.05) is 6.08 Å². The molecule has 2 atom stereocenters. The molecule has 7 nitrogen and oxygen atoms in total. The molecule has 136 valence electrons. The van der Waals surface area contributed by atoms with E-state index in [0.29, 0.717) is 12.5 Å². The lowest BCUT2D eigenvalue weighted by Crippen LogP contribution is -2.46. The lowest BCUT2D eigenvalue weighted by molar-refractivity contribution is -0.148. The summed E-state index contributed by atoms with van der Waals surface area (Å²) in [5, 5.41) is 15.8. The predicted molar refractivity (Wildman–Crippen MR) is 94.6 cm³/mol. The average Bonchev–Trinajstić information content (AvgIpc) is 2.69. The lowest BCUT2D eigenvalue weighted by atomic mass is 9.90. The summed E-state index contributed by atoms with van der Waals surface area (Å²) >= 11 is 0. The van der Waals surface area contributed by atoms with Crippen LogP contribution in [0.5, 0.6) is 0 Å². The number of carbonyl (C=O) groups is 1. The van der Waals surface area contributed by atoms with Crippen molar-refractivity contribution in [1.82, 2.24) is 15.5 Å². The molecule has 3 rings (SSSR count). The summed E-state index contributed by atoms with van der Waals surface area (Å²) in [6.45, 7) is 4.01. The van der Waals surface area contributed by atoms with Gasteiger partial charge in [0.25, 0.3) is 0 Å². The fraction of sp³-hybridized carbons (Fsp3) is 0.722. The summed E-state index contributed by atoms with van der Waals surface area (Å²) in [6.07, 6.45) is 9.39. The van der Waals surface area contributed by atoms with E-state index in [2.05, 4.69) is 26.6 Å². The Labute approximate surface area is 149 Å². The third kappa shape index (κ3) is 4.73. The summed E-state index contributed by atoms with van der Waals surface area (Å²) in [7, 11) is 0. The lowest BCUT2D eigenvalue weighted by Gasteiger charge is -2.32. The minimum Gasteiger partial charge on any atom is -0.464 e. The van der Waals surface area contributed by atoms with Crippen LogP contribution in [0, 0.1) is 23.2 Å². The highest BCUT2D eigenvalue weighted by atomic mass is 16.5. The summed E-state index contributed by atoms with van der Waals surface area (Å²) in [6, 6.07) is 1.71. The number of nitrogens with one attached hydrogen (secondary N) is 2. The van der Waals surface area contributed by atoms with Gasteiger partial charge in [-0.1, -0.05) is 19.3 Å². The van der Waals surface area contributed by atoms with Gasteiger partial charge < -0.3 is 20.3 Å². The molecule has 0 aromatic carbocycles. The molecule has 2 heterocycles. The number of aliphatic imine (C=N–C) groups is 1. The van der Waals surface area contributed by atoms with Crippen LogP contribution in [0.15, 0.2) is 16.9 Å². The van der Waals surface area contributed by atoms with Crippen LogP contribution in [0.2, 0.25) is 0 Å². The first kappa shape index (κ1) is 17.7. The quantitative estimate of drug-likeness (QED) is 0.723. The normalized spacial score (nSPS) is 25.5. The summed E-state index contributed by atoms with van der Waals surface area (Å²) in [4.78, 5) is 18.9. The third-order valence-corrected chi connectivity index (χ3v) is 5.17. The fourth-order valence-electron chi connectivity index (χ4n) is 3.64. The highest BCUT2D eigenvalue weighted by Crippen LogP contribution is 2.24. The van der Waals surface area contributed by atoms with Crippen LogP contribution in [-0.4, -0.2) is 56.0 Å². The zero-order valence-corrected chi connectivity index (χ0v) is 14.6. The second-order valence-corrected chi connectivity index (χ2v) is 6.95. The molecule has 0 aromatic heterocycles. The monoisotopic (exact) mass is 345 g/mol. The molecular weight excluding hydrogens is 318 g/mol. The van der Waals surface area contributed by atoms with E-state index in [1.54, 1.807) is 6.34 Å². The van der Waals surface area contributed by atoms with Gasteiger partial charge >= 0.3 is 5.97 Å². The van der Waals surface area contributed by atoms with Gasteiger partial charge in [-0.3, -0.25) is 4.79 Å². The minimum absolute atomic E-state index is 0.397. The van der Waals surface area contributed by atoms with Crippen molar-refractivity contribution < 1.29 is 9.53 Å². The van der Waals surface area contributed by atoms with E-state index in [9.17, 15) is 10.1 Å². The summed E-state index contributed by atoms with van der Waals surface area (Å²) < 4.78 is 5.47. The maximum atomic E-state index is 12.4. The second-order valence-electron chi connectivity index (χ2n) is 6.95. The maximum Gasteiger partial charge on any atom is 0.325 e. The van der Waals surface area contributed by atoms with Crippen molar-refractivity contribution in [1.29, 1.82) is 5.26 Å². The third-order valence-electron chi connectivity index (χ3n) is 5.17. The van der Waals surface area contributed by atoms with Crippen molar-refractivity contribution in [3.8, 4) is 6.07 Å². The van der Waals surface area contributed by atoms with Crippen LogP contribution in [0.1, 0.15) is 32.1 Å². The smallest absolute Gasteiger partial charge is 0.325 e. The molecule has 0 aromatic rings. The highest BCUT2D eigenvalue weighted by molar-refractivity contribution is 5.77. The number of esters is 1. The van der Waals surface area contributed by atoms with E-state index in [1.165, 1.54) is 19.3 Å². The Morgan fingerprint density at radius 1 is 1.36 bits per heavy atom. The minimum atomic E-state index is -0.853. The van der Waals surface area contributed by atoms with E-state index in [-0.39, 0.29) is 0 Å². The molecule has 2 fully saturated rings. The number of hydrogen-bond acceptors (Lipinski definition) is 7. The van der Waals surface area contributed by atoms with Crippen molar-refractivity contribution in [2.24, 2.45) is 16.8 Å². The number of rotatable bonds is 5. The fourth-order valence-corrected chi connectivity index (χ4v) is 3.64. The van der Waals surface area contributed by atoms with Gasteiger partial charge in [-0.25, -0.2) is 4.99 Å². The molecule has 0 bridgehead atoms. The van der Waals surface area contributed by atoms with Gasteiger partial charge in [0.05, 0.1) is 25.1 Å². The van der Waals surface area contributed by atoms with Crippen LogP contribution >= 0.6 is 0 Å². The Balaban J connectivity index is 1.57. The molecule has 0 amide bonds. The van der Waals surface area contributed by atoms with Crippen LogP contribution in [-0.2, 0) is 9.53 Å². The van der Waals surface area contributed by atoms with Crippen LogP contribution in [0.4, 0.5) is 0 Å². The van der Waals surface area contributed by atoms with Crippen LogP contribution < -0.4 is 10.6 Å². The van der Waals surface area contributed by atoms with Gasteiger partial charge in [-0.15, -0.1) is 0 Å². The largest absolute Gasteiger partial charge is 0.464 e. The first-order valence-corrected chi connectivity index (χ1v) is 9.30. The number of nitrogens with zero attached hydrogens (tertiary/aromatic N) is 3. The van der Waals surface area contributed by atoms with Gasteiger partial charge in [-0.2, -0.15) is 5.26 Å². The Kier molecular flexibility index (Phi) is 6.29. The van der Waals surface area contributed by atoms with Gasteiger partial charge in [0, 0.05) is 26.2 Å². The molecule has 25 heavy (non-hydrogen) atoms. The van der Waals surface area contributed by atoms with Crippen molar-refractivity contribution >= 4 is 12.3 Å². The van der Waals surface area contributed by atoms with E-state index in [4.69, 9.17) is 4.74 Å². The first-order chi connectivity index (χ1) is 12.3. The molecular formula is C18H27N5O2. The molecule has 1 saturated carbocycles. The van der Waals surface area contributed by atoms with Gasteiger partial charge in [0.2, 0.25) is 0 Å². The Bertz CT molecular complexity index is 556. The maximum absolute atomic E-state index is 12.4. The first-order valence-electron chi connectivity index (χ1n) is 9.30. The molecule has 0 radical (unpaired) electrons. The Morgan fingerprint density at radius 3 is 2.84 bits per heavy atom. The molecule has 2 N–H and O–H groups in total. The molecule has 2 aliphatic heterocycles. The molecule has 3 aliphatic rings. The number of ether oxygens (including phenoxy) is 1. The predicted octanol–water partition coefficient (Wildman–Crippen LogP) is 0.996. The van der Waals surface area contributed by atoms with E-state index >= 15 is 0 Å². The van der Waals surface area contributed by atoms with Crippen molar-refractivity contribution in [2.45, 2.75) is 38.1 Å². The zero-order valence-electron chi connectivity index (χ0n) is 14.6. The molecule has 7 heteroatoms. The van der Waals surface area contributed by atoms with Crippen molar-refractivity contribution in [3.63, 3.8) is 0 Å². The van der Waals surface area contributed by atoms with Crippen LogP contribution in [0.3, 0.4) is 0 Å². The van der Waals surface area contributed by atoms with Gasteiger partial charge in [0.15, 0.2) is 5.92 Å². The average molecular weight is 345 g/mol. The van der Waals surface area contributed by atoms with Crippen molar-refractivity contribution in [2.75, 3.05) is 32.8 Å². The number of carbonyl (C=O) groups excluding carboxylic acids is 1. The molecule has 1 aliphatic carbocycles. The second kappa shape index (κ2) is 8.86. The standard InChI is InChI=1S/C18H27N5O2/c19-11-15(18(24)25-12-14-4-2-1-3-5-14)16-10-17(22-13-21-16)23-8-6-20-7-9-23/h10,13-16,20H,1-9,12H2,(H,21,22). The van der Waals surface area contributed by atoms with Gasteiger partial charge in [-0.05, 0) is 24.8 Å². The zero-order chi connectivity index (χ0) is 17.5. The van der Waals surface area contributed by atoms with E-state index in [0.717, 1.165) is 44.8 Å². The van der Waals surface area contributed by atoms with Gasteiger partial charge in [0.1, 0.15) is 5.82 Å². The van der Waals surface area contributed by atoms with Crippen molar-refractivity contribution in [3.05, 3.63) is 11.9 Å². The number of nitriles is 1. The van der Waals surface area contributed by atoms with Crippen LogP contribution in [0.25, 0.3) is 0 Å². The topological polar surface area (TPSA) is 89.8 Å².